The molecule has 8 aromatic carbocycles. The van der Waals surface area contributed by atoms with Gasteiger partial charge in [0.05, 0.1) is 11.0 Å². The van der Waals surface area contributed by atoms with E-state index < -0.39 is 0 Å². The first-order valence-electron chi connectivity index (χ1n) is 20.1. The molecule has 2 aromatic heterocycles. The topological polar surface area (TPSA) is 21.3 Å². The zero-order chi connectivity index (χ0) is 37.9. The van der Waals surface area contributed by atoms with E-state index in [-0.39, 0.29) is 12.3 Å². The van der Waals surface area contributed by atoms with Crippen molar-refractivity contribution in [3.63, 3.8) is 0 Å². The molecule has 57 heavy (non-hydrogen) atoms. The SMILES string of the molecule is Cc1ccc(N2B3c4cc5cc(-c6ccccc6)oc5cc4-n4c5ccc(C)cc5c5c6ccccc6c(c3c54)-c3cc4c(cc32)C(C)(C)c2ccccc2-4)cc1. The fraction of sp³-hybridized carbons (Fsp3) is 0.0943. The van der Waals surface area contributed by atoms with Gasteiger partial charge in [-0.05, 0) is 106 Å². The van der Waals surface area contributed by atoms with Crippen molar-refractivity contribution >= 4 is 72.7 Å². The molecule has 0 bridgehead atoms. The van der Waals surface area contributed by atoms with Crippen LogP contribution in [0.2, 0.25) is 0 Å². The Balaban J connectivity index is 1.24. The van der Waals surface area contributed by atoms with Gasteiger partial charge in [0.2, 0.25) is 0 Å². The Labute approximate surface area is 331 Å². The van der Waals surface area contributed by atoms with E-state index in [1.165, 1.54) is 105 Å². The van der Waals surface area contributed by atoms with Gasteiger partial charge >= 0.3 is 6.85 Å². The molecule has 0 atom stereocenters. The van der Waals surface area contributed by atoms with Crippen LogP contribution in [0.15, 0.2) is 156 Å². The molecule has 10 aromatic rings. The summed E-state index contributed by atoms with van der Waals surface area (Å²) in [4.78, 5) is 2.67. The molecule has 0 saturated carbocycles. The summed E-state index contributed by atoms with van der Waals surface area (Å²) in [6.07, 6.45) is 0. The summed E-state index contributed by atoms with van der Waals surface area (Å²) in [5.74, 6) is 0.886. The monoisotopic (exact) mass is 728 g/mol. The molecule has 268 valence electrons. The molecule has 4 heterocycles. The van der Waals surface area contributed by atoms with Gasteiger partial charge in [-0.15, -0.1) is 0 Å². The summed E-state index contributed by atoms with van der Waals surface area (Å²) in [7, 11) is 0. The van der Waals surface area contributed by atoms with E-state index in [1.807, 2.05) is 0 Å². The number of hydrogen-bond acceptors (Lipinski definition) is 2. The molecule has 0 N–H and O–H groups in total. The Kier molecular flexibility index (Phi) is 5.92. The summed E-state index contributed by atoms with van der Waals surface area (Å²) in [5.41, 5.74) is 21.2. The fourth-order valence-corrected chi connectivity index (χ4v) is 10.9. The average Bonchev–Trinajstić information content (AvgIpc) is 3.88. The third kappa shape index (κ3) is 3.97. The summed E-state index contributed by atoms with van der Waals surface area (Å²) < 4.78 is 9.31. The molecular weight excluding hydrogens is 691 g/mol. The third-order valence-electron chi connectivity index (χ3n) is 13.4. The van der Waals surface area contributed by atoms with Gasteiger partial charge in [-0.1, -0.05) is 128 Å². The van der Waals surface area contributed by atoms with Crippen molar-refractivity contribution in [1.29, 1.82) is 0 Å². The zero-order valence-electron chi connectivity index (χ0n) is 32.3. The zero-order valence-corrected chi connectivity index (χ0v) is 32.3. The maximum Gasteiger partial charge on any atom is 0.333 e. The molecule has 2 aliphatic heterocycles. The smallest absolute Gasteiger partial charge is 0.333 e. The predicted octanol–water partition coefficient (Wildman–Crippen LogP) is 12.5. The van der Waals surface area contributed by atoms with Crippen LogP contribution >= 0.6 is 0 Å². The van der Waals surface area contributed by atoms with Crippen LogP contribution in [0, 0.1) is 13.8 Å². The standard InChI is InChI=1S/C53H37BN2O/c1-30-18-21-34(22-19-30)56-45-28-42-38(35-14-10-11-17-41(35)53(42,3)4)27-40(45)49-36-15-8-9-16-37(36)50-39-24-31(2)20-23-44(39)55-46-29-48-33(25-43(46)54(56)51(49)52(50)55)26-47(57-48)32-12-6-5-7-13-32/h5-29H,1-4H3. The van der Waals surface area contributed by atoms with Crippen LogP contribution in [0.1, 0.15) is 36.1 Å². The molecule has 3 nitrogen and oxygen atoms in total. The van der Waals surface area contributed by atoms with Crippen LogP contribution in [-0.4, -0.2) is 11.4 Å². The molecular formula is C53H37BN2O. The summed E-state index contributed by atoms with van der Waals surface area (Å²) in [5, 5.41) is 6.33. The quantitative estimate of drug-likeness (QED) is 0.165. The first-order valence-corrected chi connectivity index (χ1v) is 20.1. The number of aryl methyl sites for hydroxylation is 2. The second kappa shape index (κ2) is 10.7. The largest absolute Gasteiger partial charge is 0.456 e. The van der Waals surface area contributed by atoms with E-state index in [0.717, 1.165) is 22.3 Å². The molecule has 1 aliphatic carbocycles. The van der Waals surface area contributed by atoms with Crippen LogP contribution in [-0.2, 0) is 5.41 Å². The minimum Gasteiger partial charge on any atom is -0.456 e. The molecule has 0 unspecified atom stereocenters. The highest BCUT2D eigenvalue weighted by Crippen LogP contribution is 2.55. The number of benzene rings is 8. The Bertz CT molecular complexity index is 3400. The molecule has 13 rings (SSSR count). The normalized spacial score (nSPS) is 14.4. The average molecular weight is 729 g/mol. The maximum atomic E-state index is 6.75. The summed E-state index contributed by atoms with van der Waals surface area (Å²) >= 11 is 0. The van der Waals surface area contributed by atoms with Crippen molar-refractivity contribution in [1.82, 2.24) is 4.57 Å². The van der Waals surface area contributed by atoms with E-state index in [2.05, 4.69) is 189 Å². The first kappa shape index (κ1) is 31.4. The van der Waals surface area contributed by atoms with Gasteiger partial charge in [-0.3, -0.25) is 0 Å². The fourth-order valence-electron chi connectivity index (χ4n) is 10.9. The van der Waals surface area contributed by atoms with E-state index >= 15 is 0 Å². The second-order valence-electron chi connectivity index (χ2n) is 17.0. The number of hydrogen-bond donors (Lipinski definition) is 0. The van der Waals surface area contributed by atoms with Crippen LogP contribution in [0.25, 0.3) is 82.8 Å². The van der Waals surface area contributed by atoms with E-state index in [0.29, 0.717) is 0 Å². The number of fused-ring (bicyclic) bond motifs is 15. The minimum absolute atomic E-state index is 0.0976. The summed E-state index contributed by atoms with van der Waals surface area (Å²) in [6.45, 7) is 9.09. The van der Waals surface area contributed by atoms with Crippen molar-refractivity contribution < 1.29 is 4.42 Å². The lowest BCUT2D eigenvalue weighted by molar-refractivity contribution is 0.631. The van der Waals surface area contributed by atoms with Crippen LogP contribution in [0.4, 0.5) is 11.4 Å². The maximum absolute atomic E-state index is 6.75. The van der Waals surface area contributed by atoms with E-state index in [9.17, 15) is 0 Å². The molecule has 3 aliphatic rings. The molecule has 0 saturated heterocycles. The number of nitrogens with zero attached hydrogens (tertiary/aromatic N) is 2. The van der Waals surface area contributed by atoms with E-state index in [1.54, 1.807) is 0 Å². The summed E-state index contributed by atoms with van der Waals surface area (Å²) in [6, 6.07) is 56.9. The highest BCUT2D eigenvalue weighted by atomic mass is 16.3. The van der Waals surface area contributed by atoms with Gasteiger partial charge in [0.25, 0.3) is 0 Å². The molecule has 0 amide bonds. The van der Waals surface area contributed by atoms with Crippen LogP contribution in [0.3, 0.4) is 0 Å². The Hall–Kier alpha value is -6.78. The van der Waals surface area contributed by atoms with Gasteiger partial charge in [-0.2, -0.15) is 0 Å². The highest BCUT2D eigenvalue weighted by molar-refractivity contribution is 6.94. The predicted molar refractivity (Wildman–Crippen MR) is 240 cm³/mol. The van der Waals surface area contributed by atoms with Gasteiger partial charge < -0.3 is 13.8 Å². The number of rotatable bonds is 2. The molecule has 4 heteroatoms. The van der Waals surface area contributed by atoms with Crippen LogP contribution < -0.4 is 15.7 Å². The number of furan rings is 1. The Morgan fingerprint density at radius 3 is 2.18 bits per heavy atom. The lowest BCUT2D eigenvalue weighted by atomic mass is 9.43. The van der Waals surface area contributed by atoms with Crippen molar-refractivity contribution in [3.05, 3.63) is 174 Å². The van der Waals surface area contributed by atoms with E-state index in [4.69, 9.17) is 4.42 Å². The minimum atomic E-state index is -0.141. The Morgan fingerprint density at radius 2 is 1.33 bits per heavy atom. The lowest BCUT2D eigenvalue weighted by Gasteiger charge is -2.43. The first-order chi connectivity index (χ1) is 27.8. The van der Waals surface area contributed by atoms with Crippen LogP contribution in [0.5, 0.6) is 0 Å². The van der Waals surface area contributed by atoms with Crippen molar-refractivity contribution in [2.45, 2.75) is 33.1 Å². The number of aromatic nitrogens is 1. The Morgan fingerprint density at radius 1 is 0.579 bits per heavy atom. The molecule has 0 fully saturated rings. The molecule has 0 spiro atoms. The third-order valence-corrected chi connectivity index (χ3v) is 13.4. The van der Waals surface area contributed by atoms with Crippen molar-refractivity contribution in [3.8, 4) is 39.3 Å². The highest BCUT2D eigenvalue weighted by Gasteiger charge is 2.47. The molecule has 0 radical (unpaired) electrons. The van der Waals surface area contributed by atoms with Gasteiger partial charge in [0.1, 0.15) is 11.3 Å². The second-order valence-corrected chi connectivity index (χ2v) is 17.0. The number of anilines is 2. The van der Waals surface area contributed by atoms with Crippen molar-refractivity contribution in [2.75, 3.05) is 4.81 Å². The van der Waals surface area contributed by atoms with Gasteiger partial charge in [0, 0.05) is 55.8 Å². The van der Waals surface area contributed by atoms with Gasteiger partial charge in [-0.25, -0.2) is 0 Å². The van der Waals surface area contributed by atoms with Crippen molar-refractivity contribution in [2.24, 2.45) is 0 Å². The lowest BCUT2D eigenvalue weighted by Crippen LogP contribution is -2.60. The van der Waals surface area contributed by atoms with Gasteiger partial charge in [0.15, 0.2) is 0 Å².